The van der Waals surface area contributed by atoms with Crippen molar-refractivity contribution in [3.8, 4) is 11.8 Å². The molecule has 1 atom stereocenters. The van der Waals surface area contributed by atoms with E-state index in [0.717, 1.165) is 22.4 Å². The van der Waals surface area contributed by atoms with Gasteiger partial charge in [0.15, 0.2) is 0 Å². The predicted octanol–water partition coefficient (Wildman–Crippen LogP) is 3.21. The molecule has 1 aliphatic rings. The largest absolute Gasteiger partial charge is 0.444 e. The Hall–Kier alpha value is -2.79. The average molecular weight is 389 g/mol. The Bertz CT molecular complexity index is 762. The van der Waals surface area contributed by atoms with E-state index >= 15 is 0 Å². The summed E-state index contributed by atoms with van der Waals surface area (Å²) in [6, 6.07) is 6.95. The highest BCUT2D eigenvalue weighted by Crippen LogP contribution is 2.38. The van der Waals surface area contributed by atoms with Crippen LogP contribution >= 0.6 is 0 Å². The Morgan fingerprint density at radius 3 is 2.61 bits per heavy atom. The molecule has 1 aromatic carbocycles. The number of carbonyl (C=O) groups excluding carboxylic acids is 2. The molecule has 2 rings (SSSR count). The van der Waals surface area contributed by atoms with Gasteiger partial charge < -0.3 is 14.6 Å². The lowest BCUT2D eigenvalue weighted by molar-refractivity contribution is 0.0189. The summed E-state index contributed by atoms with van der Waals surface area (Å²) in [5.74, 6) is 0.323. The molecule has 0 saturated carbocycles. The van der Waals surface area contributed by atoms with Gasteiger partial charge in [0.25, 0.3) is 0 Å². The lowest BCUT2D eigenvalue weighted by atomic mass is 10.1. The monoisotopic (exact) mass is 389 g/mol. The maximum atomic E-state index is 12.6. The van der Waals surface area contributed by atoms with Gasteiger partial charge in [-0.1, -0.05) is 6.07 Å². The Labute approximate surface area is 165 Å². The smallest absolute Gasteiger partial charge is 0.417 e. The maximum Gasteiger partial charge on any atom is 0.417 e. The summed E-state index contributed by atoms with van der Waals surface area (Å²) in [4.78, 5) is 27.2. The summed E-state index contributed by atoms with van der Waals surface area (Å²) in [7, 11) is 0. The maximum absolute atomic E-state index is 12.6. The fourth-order valence-electron chi connectivity index (χ4n) is 3.10. The highest BCUT2D eigenvalue weighted by molar-refractivity contribution is 5.71. The van der Waals surface area contributed by atoms with Gasteiger partial charge >= 0.3 is 12.2 Å². The molecule has 1 unspecified atom stereocenters. The minimum atomic E-state index is -0.669. The van der Waals surface area contributed by atoms with Crippen LogP contribution in [0.15, 0.2) is 18.2 Å². The SMILES string of the molecule is CCN(CO)C(=O)Oc1ccc2c(c1)C(N(CC#N)C(=O)OC(C)(C)C)CC2. The zero-order chi connectivity index (χ0) is 20.9. The first-order valence-electron chi connectivity index (χ1n) is 9.27. The molecule has 0 saturated heterocycles. The van der Waals surface area contributed by atoms with Crippen LogP contribution in [0.1, 0.15) is 51.3 Å². The van der Waals surface area contributed by atoms with Crippen LogP contribution in [-0.2, 0) is 11.2 Å². The van der Waals surface area contributed by atoms with Crippen molar-refractivity contribution in [3.63, 3.8) is 0 Å². The summed E-state index contributed by atoms with van der Waals surface area (Å²) in [6.45, 7) is 6.84. The van der Waals surface area contributed by atoms with Crippen LogP contribution in [0.3, 0.4) is 0 Å². The third kappa shape index (κ3) is 5.14. The number of aliphatic hydroxyl groups is 1. The molecule has 0 heterocycles. The molecule has 8 nitrogen and oxygen atoms in total. The molecule has 0 aliphatic heterocycles. The quantitative estimate of drug-likeness (QED) is 0.613. The molecule has 8 heteroatoms. The lowest BCUT2D eigenvalue weighted by Gasteiger charge is -2.30. The summed E-state index contributed by atoms with van der Waals surface area (Å²) in [6.07, 6.45) is 0.203. The second-order valence-electron chi connectivity index (χ2n) is 7.55. The number of nitriles is 1. The Morgan fingerprint density at radius 1 is 1.32 bits per heavy atom. The molecule has 1 N–H and O–H groups in total. The fraction of sp³-hybridized carbons (Fsp3) is 0.550. The molecule has 0 spiro atoms. The Balaban J connectivity index is 2.25. The number of ether oxygens (including phenoxy) is 2. The lowest BCUT2D eigenvalue weighted by Crippen LogP contribution is -2.39. The van der Waals surface area contributed by atoms with Crippen LogP contribution in [0.5, 0.6) is 5.75 Å². The van der Waals surface area contributed by atoms with Gasteiger partial charge in [0, 0.05) is 6.54 Å². The second kappa shape index (κ2) is 8.93. The van der Waals surface area contributed by atoms with Crippen LogP contribution < -0.4 is 4.74 Å². The third-order valence-electron chi connectivity index (χ3n) is 4.42. The van der Waals surface area contributed by atoms with E-state index in [-0.39, 0.29) is 12.6 Å². The van der Waals surface area contributed by atoms with Gasteiger partial charge in [-0.05, 0) is 63.8 Å². The average Bonchev–Trinajstić information content (AvgIpc) is 3.02. The van der Waals surface area contributed by atoms with Crippen molar-refractivity contribution in [1.29, 1.82) is 5.26 Å². The molecule has 152 valence electrons. The number of rotatable bonds is 5. The molecule has 1 aliphatic carbocycles. The van der Waals surface area contributed by atoms with E-state index < -0.39 is 24.5 Å². The third-order valence-corrected chi connectivity index (χ3v) is 4.42. The van der Waals surface area contributed by atoms with Gasteiger partial charge in [-0.3, -0.25) is 9.80 Å². The Kier molecular flexibility index (Phi) is 6.86. The number of amides is 2. The van der Waals surface area contributed by atoms with Crippen LogP contribution in [0.4, 0.5) is 9.59 Å². The summed E-state index contributed by atoms with van der Waals surface area (Å²) in [5.41, 5.74) is 1.20. The molecule has 2 amide bonds. The zero-order valence-electron chi connectivity index (χ0n) is 16.8. The summed E-state index contributed by atoms with van der Waals surface area (Å²) < 4.78 is 10.8. The molecular weight excluding hydrogens is 362 g/mol. The minimum Gasteiger partial charge on any atom is -0.444 e. The van der Waals surface area contributed by atoms with Gasteiger partial charge in [0.1, 0.15) is 24.6 Å². The van der Waals surface area contributed by atoms with Crippen molar-refractivity contribution in [2.45, 2.75) is 52.2 Å². The number of hydrogen-bond acceptors (Lipinski definition) is 6. The van der Waals surface area contributed by atoms with Gasteiger partial charge in [0.05, 0.1) is 12.1 Å². The molecular formula is C20H27N3O5. The zero-order valence-corrected chi connectivity index (χ0v) is 16.8. The molecule has 0 radical (unpaired) electrons. The number of aryl methyl sites for hydroxylation is 1. The molecule has 0 aromatic heterocycles. The molecule has 1 aromatic rings. The van der Waals surface area contributed by atoms with Crippen LogP contribution in [0.2, 0.25) is 0 Å². The minimum absolute atomic E-state index is 0.100. The van der Waals surface area contributed by atoms with E-state index in [2.05, 4.69) is 0 Å². The highest BCUT2D eigenvalue weighted by Gasteiger charge is 2.34. The van der Waals surface area contributed by atoms with E-state index in [1.807, 2.05) is 12.1 Å². The van der Waals surface area contributed by atoms with Crippen molar-refractivity contribution >= 4 is 12.2 Å². The number of carbonyl (C=O) groups is 2. The van der Waals surface area contributed by atoms with E-state index in [1.54, 1.807) is 39.8 Å². The van der Waals surface area contributed by atoms with E-state index in [4.69, 9.17) is 9.47 Å². The van der Waals surface area contributed by atoms with Crippen molar-refractivity contribution in [2.75, 3.05) is 19.8 Å². The predicted molar refractivity (Wildman–Crippen MR) is 102 cm³/mol. The van der Waals surface area contributed by atoms with Crippen molar-refractivity contribution < 1.29 is 24.2 Å². The highest BCUT2D eigenvalue weighted by atomic mass is 16.6. The van der Waals surface area contributed by atoms with Crippen LogP contribution in [0.25, 0.3) is 0 Å². The number of nitrogens with zero attached hydrogens (tertiary/aromatic N) is 3. The van der Waals surface area contributed by atoms with Gasteiger partial charge in [-0.15, -0.1) is 0 Å². The van der Waals surface area contributed by atoms with Gasteiger partial charge in [-0.2, -0.15) is 5.26 Å². The normalized spacial score (nSPS) is 15.4. The first kappa shape index (κ1) is 21.5. The van der Waals surface area contributed by atoms with E-state index in [0.29, 0.717) is 18.7 Å². The first-order valence-corrected chi connectivity index (χ1v) is 9.27. The van der Waals surface area contributed by atoms with E-state index in [1.165, 1.54) is 4.90 Å². The number of hydrogen-bond donors (Lipinski definition) is 1. The first-order chi connectivity index (χ1) is 13.2. The summed E-state index contributed by atoms with van der Waals surface area (Å²) >= 11 is 0. The van der Waals surface area contributed by atoms with Crippen LogP contribution in [0, 0.1) is 11.3 Å². The van der Waals surface area contributed by atoms with Crippen molar-refractivity contribution in [3.05, 3.63) is 29.3 Å². The number of benzene rings is 1. The topological polar surface area (TPSA) is 103 Å². The Morgan fingerprint density at radius 2 is 2.04 bits per heavy atom. The molecule has 0 fully saturated rings. The molecule has 28 heavy (non-hydrogen) atoms. The number of fused-ring (bicyclic) bond motifs is 1. The van der Waals surface area contributed by atoms with Crippen molar-refractivity contribution in [1.82, 2.24) is 9.80 Å². The fourth-order valence-corrected chi connectivity index (χ4v) is 3.10. The van der Waals surface area contributed by atoms with Crippen LogP contribution in [-0.4, -0.2) is 52.5 Å². The second-order valence-corrected chi connectivity index (χ2v) is 7.55. The van der Waals surface area contributed by atoms with Crippen molar-refractivity contribution in [2.24, 2.45) is 0 Å². The summed E-state index contributed by atoms with van der Waals surface area (Å²) in [5, 5.41) is 18.4. The number of aliphatic hydroxyl groups excluding tert-OH is 1. The van der Waals surface area contributed by atoms with Gasteiger partial charge in [0.2, 0.25) is 0 Å². The van der Waals surface area contributed by atoms with E-state index in [9.17, 15) is 20.0 Å². The molecule has 0 bridgehead atoms. The standard InChI is InChI=1S/C20H27N3O5/c1-5-22(13-24)18(25)27-15-8-6-14-7-9-17(16(14)12-15)23(11-10-21)19(26)28-20(2,3)4/h6,8,12,17,24H,5,7,9,11,13H2,1-4H3. The van der Waals surface area contributed by atoms with Gasteiger partial charge in [-0.25, -0.2) is 9.59 Å².